The van der Waals surface area contributed by atoms with Gasteiger partial charge in [-0.15, -0.1) is 11.8 Å². The summed E-state index contributed by atoms with van der Waals surface area (Å²) in [4.78, 5) is 45.0. The molecule has 0 saturated heterocycles. The minimum atomic E-state index is -0.751. The van der Waals surface area contributed by atoms with E-state index in [1.54, 1.807) is 35.4 Å². The van der Waals surface area contributed by atoms with Crippen LogP contribution in [-0.4, -0.2) is 28.3 Å². The highest BCUT2D eigenvalue weighted by Crippen LogP contribution is 2.36. The zero-order chi connectivity index (χ0) is 34.7. The number of benzene rings is 4. The van der Waals surface area contributed by atoms with Gasteiger partial charge < -0.3 is 9.47 Å². The van der Waals surface area contributed by atoms with Crippen LogP contribution in [0.3, 0.4) is 0 Å². The highest BCUT2D eigenvalue weighted by atomic mass is 127. The van der Waals surface area contributed by atoms with Gasteiger partial charge >= 0.3 is 5.97 Å². The van der Waals surface area contributed by atoms with Crippen molar-refractivity contribution in [3.63, 3.8) is 0 Å². The van der Waals surface area contributed by atoms with Crippen LogP contribution >= 0.6 is 68.3 Å². The zero-order valence-electron chi connectivity index (χ0n) is 26.1. The van der Waals surface area contributed by atoms with E-state index in [2.05, 4.69) is 45.2 Å². The second-order valence-corrected chi connectivity index (χ2v) is 14.9. The van der Waals surface area contributed by atoms with Gasteiger partial charge in [-0.3, -0.25) is 19.5 Å². The molecule has 0 radical (unpaired) electrons. The Morgan fingerprint density at radius 3 is 2.33 bits per heavy atom. The normalized spacial score (nSPS) is 14.3. The van der Waals surface area contributed by atoms with Gasteiger partial charge in [0.05, 0.1) is 40.5 Å². The number of aromatic nitrogens is 1. The summed E-state index contributed by atoms with van der Waals surface area (Å²) in [5.41, 5.74) is 3.67. The Hall–Kier alpha value is -3.80. The predicted octanol–water partition coefficient (Wildman–Crippen LogP) is 7.35. The van der Waals surface area contributed by atoms with Crippen molar-refractivity contribution in [1.82, 2.24) is 4.57 Å². The molecular weight excluding hydrogens is 888 g/mol. The summed E-state index contributed by atoms with van der Waals surface area (Å²) in [6.07, 6.45) is 3.83. The van der Waals surface area contributed by atoms with Gasteiger partial charge in [0.25, 0.3) is 11.2 Å². The van der Waals surface area contributed by atoms with Gasteiger partial charge in [-0.25, -0.2) is 9.79 Å². The first-order valence-corrected chi connectivity index (χ1v) is 19.2. The number of rotatable bonds is 10. The van der Waals surface area contributed by atoms with Crippen LogP contribution in [0, 0.1) is 17.3 Å². The molecule has 0 amide bonds. The highest BCUT2D eigenvalue weighted by molar-refractivity contribution is 14.1. The van der Waals surface area contributed by atoms with Gasteiger partial charge in [0, 0.05) is 22.6 Å². The fraction of sp³-hybridized carbons (Fsp3) is 0.139. The van der Waals surface area contributed by atoms with Gasteiger partial charge in [-0.1, -0.05) is 53.8 Å². The van der Waals surface area contributed by atoms with Gasteiger partial charge in [0.15, 0.2) is 4.80 Å². The number of fused-ring (bicyclic) bond motifs is 1. The van der Waals surface area contributed by atoms with Crippen molar-refractivity contribution in [2.24, 2.45) is 4.99 Å². The Morgan fingerprint density at radius 2 is 1.71 bits per heavy atom. The molecule has 0 N–H and O–H groups in total. The van der Waals surface area contributed by atoms with E-state index in [-0.39, 0.29) is 24.5 Å². The summed E-state index contributed by atoms with van der Waals surface area (Å²) in [6.45, 7) is 2.18. The van der Waals surface area contributed by atoms with Crippen LogP contribution in [-0.2, 0) is 16.1 Å². The number of carbonyl (C=O) groups is 1. The molecule has 1 aromatic heterocycles. The van der Waals surface area contributed by atoms with E-state index in [1.807, 2.05) is 79.1 Å². The first-order chi connectivity index (χ1) is 23.7. The van der Waals surface area contributed by atoms with E-state index in [0.29, 0.717) is 26.4 Å². The van der Waals surface area contributed by atoms with Crippen molar-refractivity contribution in [3.8, 4) is 5.75 Å². The molecule has 248 valence electrons. The van der Waals surface area contributed by atoms with E-state index < -0.39 is 16.9 Å². The smallest absolute Gasteiger partial charge is 0.338 e. The van der Waals surface area contributed by atoms with Crippen molar-refractivity contribution >= 4 is 91.7 Å². The topological polar surface area (TPSA) is 113 Å². The summed E-state index contributed by atoms with van der Waals surface area (Å²) in [5.74, 6) is 0.158. The monoisotopic (exact) mass is 915 g/mol. The van der Waals surface area contributed by atoms with Crippen molar-refractivity contribution < 1.29 is 19.2 Å². The fourth-order valence-corrected chi connectivity index (χ4v) is 8.90. The van der Waals surface area contributed by atoms with E-state index in [1.165, 1.54) is 23.5 Å². The molecule has 4 aromatic carbocycles. The van der Waals surface area contributed by atoms with E-state index in [9.17, 15) is 19.7 Å². The molecule has 0 saturated carbocycles. The molecule has 2 heterocycles. The van der Waals surface area contributed by atoms with Gasteiger partial charge in [0.2, 0.25) is 0 Å². The molecule has 0 unspecified atom stereocenters. The first-order valence-electron chi connectivity index (χ1n) is 15.0. The Balaban J connectivity index is 1.44. The quantitative estimate of drug-likeness (QED) is 0.0474. The molecule has 6 rings (SSSR count). The van der Waals surface area contributed by atoms with Crippen molar-refractivity contribution in [2.45, 2.75) is 24.5 Å². The predicted molar refractivity (Wildman–Crippen MR) is 209 cm³/mol. The van der Waals surface area contributed by atoms with Crippen LogP contribution in [0.1, 0.15) is 35.2 Å². The average molecular weight is 916 g/mol. The molecule has 5 aromatic rings. The average Bonchev–Trinajstić information content (AvgIpc) is 3.41. The lowest BCUT2D eigenvalue weighted by atomic mass is 9.93. The number of non-ortho nitro benzene ring substituents is 1. The summed E-state index contributed by atoms with van der Waals surface area (Å²) in [5, 5.41) is 11.0. The molecule has 1 aliphatic heterocycles. The lowest BCUT2D eigenvalue weighted by Gasteiger charge is -2.26. The Kier molecular flexibility index (Phi) is 11.0. The third-order valence-corrected chi connectivity index (χ3v) is 11.0. The highest BCUT2D eigenvalue weighted by Gasteiger charge is 2.35. The molecule has 13 heteroatoms. The molecule has 1 atom stereocenters. The van der Waals surface area contributed by atoms with Crippen molar-refractivity contribution in [1.29, 1.82) is 0 Å². The third kappa shape index (κ3) is 7.54. The number of esters is 1. The maximum absolute atomic E-state index is 14.3. The molecule has 49 heavy (non-hydrogen) atoms. The Labute approximate surface area is 316 Å². The summed E-state index contributed by atoms with van der Waals surface area (Å²) < 4.78 is 15.4. The van der Waals surface area contributed by atoms with Crippen LogP contribution in [0.15, 0.2) is 111 Å². The van der Waals surface area contributed by atoms with E-state index >= 15 is 0 Å². The summed E-state index contributed by atoms with van der Waals surface area (Å²) in [6, 6.07) is 26.7. The second kappa shape index (κ2) is 15.4. The van der Waals surface area contributed by atoms with E-state index in [0.717, 1.165) is 34.3 Å². The molecular formula is C36H27I2N3O6S2. The minimum Gasteiger partial charge on any atom is -0.487 e. The number of hydrogen-bond donors (Lipinski definition) is 0. The Morgan fingerprint density at radius 1 is 1.04 bits per heavy atom. The second-order valence-electron chi connectivity index (χ2n) is 10.7. The number of carbonyl (C=O) groups excluding carboxylic acids is 1. The maximum atomic E-state index is 14.3. The molecule has 0 spiro atoms. The van der Waals surface area contributed by atoms with Crippen LogP contribution < -0.4 is 19.6 Å². The number of halogens is 2. The largest absolute Gasteiger partial charge is 0.487 e. The number of hydrogen-bond acceptors (Lipinski definition) is 9. The summed E-state index contributed by atoms with van der Waals surface area (Å²) >= 11 is 7.28. The number of thioether (sulfide) groups is 1. The molecule has 0 fully saturated rings. The minimum absolute atomic E-state index is 0.0239. The number of thiazole rings is 1. The van der Waals surface area contributed by atoms with Gasteiger partial charge in [-0.05, 0) is 118 Å². The van der Waals surface area contributed by atoms with Gasteiger partial charge in [0.1, 0.15) is 12.4 Å². The Bertz CT molecular complexity index is 2250. The number of nitro benzene ring substituents is 1. The molecule has 0 aliphatic carbocycles. The molecule has 0 bridgehead atoms. The SMILES string of the molecule is CCOC(=O)C1=C(c2ccccc2)N=c2s/c(=C\c3cc(I)c(OCc4ccc([N+](=O)[O-])cc4)c(I)c3)c(=O)n2[C@H]1c1ccc(SC)cc1. The van der Waals surface area contributed by atoms with Crippen LogP contribution in [0.5, 0.6) is 5.75 Å². The molecule has 1 aliphatic rings. The van der Waals surface area contributed by atoms with Crippen LogP contribution in [0.2, 0.25) is 0 Å². The third-order valence-electron chi connectivity index (χ3n) is 7.65. The van der Waals surface area contributed by atoms with Gasteiger partial charge in [-0.2, -0.15) is 0 Å². The first kappa shape index (κ1) is 35.0. The maximum Gasteiger partial charge on any atom is 0.338 e. The number of nitro groups is 1. The lowest BCUT2D eigenvalue weighted by Crippen LogP contribution is -2.40. The van der Waals surface area contributed by atoms with Crippen molar-refractivity contribution in [2.75, 3.05) is 12.9 Å². The lowest BCUT2D eigenvalue weighted by molar-refractivity contribution is -0.384. The zero-order valence-corrected chi connectivity index (χ0v) is 32.0. The summed E-state index contributed by atoms with van der Waals surface area (Å²) in [7, 11) is 0. The standard InChI is InChI=1S/C36H27I2N3O6S2/c1-3-46-35(43)30-31(23-7-5-4-6-8-23)39-36-40(32(30)24-11-15-26(48-2)16-12-24)34(42)29(49-36)19-22-17-27(37)33(28(38)18-22)47-20-21-9-13-25(14-10-21)41(44)45/h4-19,32H,3,20H2,1-2H3/b29-19-/t32-/m0/s1. The number of ether oxygens (including phenoxy) is 2. The van der Waals surface area contributed by atoms with Crippen LogP contribution in [0.4, 0.5) is 5.69 Å². The number of nitrogens with zero attached hydrogens (tertiary/aromatic N) is 3. The molecule has 9 nitrogen and oxygen atoms in total. The van der Waals surface area contributed by atoms with Crippen LogP contribution in [0.25, 0.3) is 11.8 Å². The van der Waals surface area contributed by atoms with E-state index in [4.69, 9.17) is 14.5 Å². The fourth-order valence-electron chi connectivity index (χ4n) is 5.36. The van der Waals surface area contributed by atoms with Crippen molar-refractivity contribution in [3.05, 3.63) is 156 Å².